The molecular weight excluding hydrogens is 270 g/mol. The molecule has 5 heteroatoms. The molecule has 1 atom stereocenters. The minimum atomic E-state index is -0.441. The molecular formula is C16H15NO4. The van der Waals surface area contributed by atoms with Gasteiger partial charge in [0.25, 0.3) is 5.91 Å². The topological polar surface area (TPSA) is 67.8 Å². The van der Waals surface area contributed by atoms with E-state index in [1.165, 1.54) is 0 Å². The van der Waals surface area contributed by atoms with E-state index in [1.54, 1.807) is 18.2 Å². The summed E-state index contributed by atoms with van der Waals surface area (Å²) in [5.41, 5.74) is 1.32. The summed E-state index contributed by atoms with van der Waals surface area (Å²) < 4.78 is 10.5. The quantitative estimate of drug-likeness (QED) is 0.900. The highest BCUT2D eigenvalue weighted by Gasteiger charge is 2.18. The summed E-state index contributed by atoms with van der Waals surface area (Å²) >= 11 is 0. The van der Waals surface area contributed by atoms with E-state index in [-0.39, 0.29) is 19.3 Å². The van der Waals surface area contributed by atoms with Crippen LogP contribution in [0.1, 0.15) is 22.0 Å². The summed E-state index contributed by atoms with van der Waals surface area (Å²) in [4.78, 5) is 12.3. The first kappa shape index (κ1) is 13.5. The third-order valence-electron chi connectivity index (χ3n) is 3.32. The molecule has 1 aliphatic heterocycles. The van der Waals surface area contributed by atoms with Crippen LogP contribution in [0.2, 0.25) is 0 Å². The number of aliphatic hydroxyl groups excluding tert-OH is 1. The summed E-state index contributed by atoms with van der Waals surface area (Å²) in [6.07, 6.45) is 0. The van der Waals surface area contributed by atoms with Crippen LogP contribution in [0.15, 0.2) is 48.5 Å². The van der Waals surface area contributed by atoms with Gasteiger partial charge in [0.15, 0.2) is 11.5 Å². The van der Waals surface area contributed by atoms with Crippen LogP contribution in [0.3, 0.4) is 0 Å². The zero-order chi connectivity index (χ0) is 14.7. The fraction of sp³-hybridized carbons (Fsp3) is 0.188. The zero-order valence-electron chi connectivity index (χ0n) is 11.3. The Hall–Kier alpha value is -2.53. The predicted octanol–water partition coefficient (Wildman–Crippen LogP) is 1.88. The van der Waals surface area contributed by atoms with Gasteiger partial charge in [-0.25, -0.2) is 0 Å². The van der Waals surface area contributed by atoms with Crippen molar-refractivity contribution in [2.75, 3.05) is 13.4 Å². The number of carbonyl (C=O) groups is 1. The van der Waals surface area contributed by atoms with Gasteiger partial charge in [0.05, 0.1) is 12.6 Å². The molecule has 1 aliphatic rings. The van der Waals surface area contributed by atoms with Crippen LogP contribution in [0, 0.1) is 0 Å². The van der Waals surface area contributed by atoms with Crippen LogP contribution in [0.25, 0.3) is 0 Å². The molecule has 0 saturated carbocycles. The van der Waals surface area contributed by atoms with Crippen molar-refractivity contribution < 1.29 is 19.4 Å². The van der Waals surface area contributed by atoms with Gasteiger partial charge >= 0.3 is 0 Å². The van der Waals surface area contributed by atoms with Crippen LogP contribution in [-0.4, -0.2) is 24.4 Å². The van der Waals surface area contributed by atoms with Crippen molar-refractivity contribution >= 4 is 5.91 Å². The van der Waals surface area contributed by atoms with Crippen molar-refractivity contribution in [1.29, 1.82) is 0 Å². The summed E-state index contributed by atoms with van der Waals surface area (Å²) in [5, 5.41) is 12.3. The highest BCUT2D eigenvalue weighted by molar-refractivity contribution is 5.95. The van der Waals surface area contributed by atoms with E-state index in [0.717, 1.165) is 5.56 Å². The summed E-state index contributed by atoms with van der Waals surface area (Å²) in [6.45, 7) is 0.00396. The first-order valence-corrected chi connectivity index (χ1v) is 6.64. The number of aliphatic hydroxyl groups is 1. The minimum Gasteiger partial charge on any atom is -0.454 e. The summed E-state index contributed by atoms with van der Waals surface area (Å²) in [5.74, 6) is 0.924. The molecule has 1 heterocycles. The number of nitrogens with one attached hydrogen (secondary N) is 1. The van der Waals surface area contributed by atoms with Crippen molar-refractivity contribution in [3.63, 3.8) is 0 Å². The Balaban J connectivity index is 1.76. The molecule has 2 aromatic rings. The number of ether oxygens (including phenoxy) is 2. The molecule has 3 rings (SSSR count). The third-order valence-corrected chi connectivity index (χ3v) is 3.32. The predicted molar refractivity (Wildman–Crippen MR) is 76.3 cm³/mol. The monoisotopic (exact) mass is 285 g/mol. The maximum absolute atomic E-state index is 12.3. The van der Waals surface area contributed by atoms with Crippen molar-refractivity contribution in [2.24, 2.45) is 0 Å². The lowest BCUT2D eigenvalue weighted by Crippen LogP contribution is -2.30. The van der Waals surface area contributed by atoms with E-state index in [4.69, 9.17) is 9.47 Å². The lowest BCUT2D eigenvalue weighted by Gasteiger charge is -2.16. The van der Waals surface area contributed by atoms with E-state index >= 15 is 0 Å². The van der Waals surface area contributed by atoms with Gasteiger partial charge in [-0.2, -0.15) is 0 Å². The lowest BCUT2D eigenvalue weighted by atomic mass is 10.1. The Morgan fingerprint density at radius 2 is 1.90 bits per heavy atom. The minimum absolute atomic E-state index is 0.166. The third kappa shape index (κ3) is 2.83. The molecule has 2 aromatic carbocycles. The molecule has 0 fully saturated rings. The molecule has 0 saturated heterocycles. The fourth-order valence-electron chi connectivity index (χ4n) is 2.20. The maximum atomic E-state index is 12.3. The molecule has 0 aliphatic carbocycles. The zero-order valence-corrected chi connectivity index (χ0v) is 11.3. The van der Waals surface area contributed by atoms with Crippen LogP contribution in [-0.2, 0) is 0 Å². The van der Waals surface area contributed by atoms with Gasteiger partial charge in [-0.15, -0.1) is 0 Å². The average molecular weight is 285 g/mol. The second kappa shape index (κ2) is 5.85. The van der Waals surface area contributed by atoms with Gasteiger partial charge in [0, 0.05) is 5.56 Å². The van der Waals surface area contributed by atoms with E-state index in [0.29, 0.717) is 17.1 Å². The van der Waals surface area contributed by atoms with E-state index < -0.39 is 6.04 Å². The molecule has 5 nitrogen and oxygen atoms in total. The van der Waals surface area contributed by atoms with Crippen molar-refractivity contribution in [2.45, 2.75) is 6.04 Å². The number of amides is 1. The van der Waals surface area contributed by atoms with Crippen molar-refractivity contribution in [1.82, 2.24) is 5.32 Å². The Kier molecular flexibility index (Phi) is 3.75. The smallest absolute Gasteiger partial charge is 0.251 e. The first-order valence-electron chi connectivity index (χ1n) is 6.64. The SMILES string of the molecule is O=C(NC(CO)c1ccccc1)c1ccc2c(c1)OCO2. The Labute approximate surface area is 122 Å². The highest BCUT2D eigenvalue weighted by atomic mass is 16.7. The van der Waals surface area contributed by atoms with Gasteiger partial charge in [-0.05, 0) is 23.8 Å². The van der Waals surface area contributed by atoms with E-state index in [9.17, 15) is 9.90 Å². The largest absolute Gasteiger partial charge is 0.454 e. The average Bonchev–Trinajstić information content (AvgIpc) is 3.00. The number of carbonyl (C=O) groups excluding carboxylic acids is 1. The Bertz CT molecular complexity index is 642. The molecule has 108 valence electrons. The Morgan fingerprint density at radius 3 is 2.67 bits per heavy atom. The highest BCUT2D eigenvalue weighted by Crippen LogP contribution is 2.32. The van der Waals surface area contributed by atoms with E-state index in [1.807, 2.05) is 30.3 Å². The summed E-state index contributed by atoms with van der Waals surface area (Å²) in [7, 11) is 0. The first-order chi connectivity index (χ1) is 10.3. The number of hydrogen-bond donors (Lipinski definition) is 2. The number of fused-ring (bicyclic) bond motifs is 1. The van der Waals surface area contributed by atoms with Crippen LogP contribution >= 0.6 is 0 Å². The molecule has 0 bridgehead atoms. The molecule has 0 aromatic heterocycles. The molecule has 1 amide bonds. The van der Waals surface area contributed by atoms with Crippen molar-refractivity contribution in [3.05, 3.63) is 59.7 Å². The van der Waals surface area contributed by atoms with E-state index in [2.05, 4.69) is 5.32 Å². The van der Waals surface area contributed by atoms with Gasteiger partial charge in [-0.3, -0.25) is 4.79 Å². The van der Waals surface area contributed by atoms with Gasteiger partial charge < -0.3 is 19.9 Å². The number of hydrogen-bond acceptors (Lipinski definition) is 4. The number of rotatable bonds is 4. The second-order valence-electron chi connectivity index (χ2n) is 4.69. The molecule has 2 N–H and O–H groups in total. The second-order valence-corrected chi connectivity index (χ2v) is 4.69. The Morgan fingerprint density at radius 1 is 1.14 bits per heavy atom. The fourth-order valence-corrected chi connectivity index (χ4v) is 2.20. The molecule has 1 unspecified atom stereocenters. The van der Waals surface area contributed by atoms with Crippen molar-refractivity contribution in [3.8, 4) is 11.5 Å². The lowest BCUT2D eigenvalue weighted by molar-refractivity contribution is 0.0915. The van der Waals surface area contributed by atoms with Gasteiger partial charge in [0.1, 0.15) is 0 Å². The van der Waals surface area contributed by atoms with Gasteiger partial charge in [0.2, 0.25) is 6.79 Å². The maximum Gasteiger partial charge on any atom is 0.251 e. The molecule has 0 radical (unpaired) electrons. The van der Waals surface area contributed by atoms with Crippen LogP contribution in [0.4, 0.5) is 0 Å². The normalized spacial score (nSPS) is 13.8. The van der Waals surface area contributed by atoms with Gasteiger partial charge in [-0.1, -0.05) is 30.3 Å². The number of benzene rings is 2. The van der Waals surface area contributed by atoms with Crippen LogP contribution in [0.5, 0.6) is 11.5 Å². The van der Waals surface area contributed by atoms with Crippen LogP contribution < -0.4 is 14.8 Å². The standard InChI is InChI=1S/C16H15NO4/c18-9-13(11-4-2-1-3-5-11)17-16(19)12-6-7-14-15(8-12)21-10-20-14/h1-8,13,18H,9-10H2,(H,17,19). The molecule has 0 spiro atoms. The molecule has 21 heavy (non-hydrogen) atoms. The summed E-state index contributed by atoms with van der Waals surface area (Å²) in [6, 6.07) is 13.9.